The van der Waals surface area contributed by atoms with E-state index in [1.807, 2.05) is 0 Å². The predicted octanol–water partition coefficient (Wildman–Crippen LogP) is 0.781. The Kier molecular flexibility index (Phi) is 4.10. The smallest absolute Gasteiger partial charge is 0.236 e. The molecule has 0 fully saturated rings. The van der Waals surface area contributed by atoms with Gasteiger partial charge in [0.15, 0.2) is 0 Å². The van der Waals surface area contributed by atoms with Crippen molar-refractivity contribution in [2.24, 2.45) is 0 Å². The van der Waals surface area contributed by atoms with Crippen molar-refractivity contribution in [3.63, 3.8) is 0 Å². The van der Waals surface area contributed by atoms with Crippen LogP contribution in [0.1, 0.15) is 17.2 Å². The van der Waals surface area contributed by atoms with Gasteiger partial charge in [-0.25, -0.2) is 8.42 Å². The largest absolute Gasteiger partial charge is 0.393 e. The molecule has 0 aliphatic carbocycles. The Hall–Kier alpha value is -0.620. The summed E-state index contributed by atoms with van der Waals surface area (Å²) < 4.78 is 21.6. The lowest BCUT2D eigenvalue weighted by atomic mass is 10.1. The van der Waals surface area contributed by atoms with Crippen LogP contribution in [0.2, 0.25) is 0 Å². The van der Waals surface area contributed by atoms with E-state index >= 15 is 0 Å². The van der Waals surface area contributed by atoms with Gasteiger partial charge in [0.2, 0.25) is 9.05 Å². The van der Waals surface area contributed by atoms with Gasteiger partial charge >= 0.3 is 0 Å². The van der Waals surface area contributed by atoms with Crippen molar-refractivity contribution in [2.45, 2.75) is 11.9 Å². The first kappa shape index (κ1) is 12.4. The molecule has 0 aliphatic rings. The summed E-state index contributed by atoms with van der Waals surface area (Å²) in [5.41, 5.74) is 0.949. The molecular weight excluding hydrogens is 240 g/mol. The average Bonchev–Trinajstić information content (AvgIpc) is 2.14. The maximum Gasteiger partial charge on any atom is 0.236 e. The summed E-state index contributed by atoms with van der Waals surface area (Å²) in [7, 11) is 1.50. The molecule has 2 N–H and O–H groups in total. The fourth-order valence-electron chi connectivity index (χ4n) is 1.19. The van der Waals surface area contributed by atoms with Crippen LogP contribution in [0, 0.1) is 0 Å². The highest BCUT2D eigenvalue weighted by Gasteiger charge is 2.10. The van der Waals surface area contributed by atoms with Crippen LogP contribution in [0.25, 0.3) is 0 Å². The number of hydrogen-bond acceptors (Lipinski definition) is 4. The fraction of sp³-hybridized carbons (Fsp3) is 0.333. The van der Waals surface area contributed by atoms with E-state index in [4.69, 9.17) is 15.8 Å². The molecular formula is C9H11ClO4S. The van der Waals surface area contributed by atoms with E-state index in [0.717, 1.165) is 0 Å². The van der Waals surface area contributed by atoms with Crippen LogP contribution in [0.5, 0.6) is 0 Å². The van der Waals surface area contributed by atoms with E-state index in [1.54, 1.807) is 18.2 Å². The van der Waals surface area contributed by atoms with Gasteiger partial charge < -0.3 is 10.2 Å². The summed E-state index contributed by atoms with van der Waals surface area (Å²) in [4.78, 5) is 0. The Morgan fingerprint density at radius 2 is 2.07 bits per heavy atom. The third-order valence-corrected chi connectivity index (χ3v) is 2.85. The Labute approximate surface area is 92.5 Å². The van der Waals surface area contributed by atoms with Crippen molar-refractivity contribution < 1.29 is 18.6 Å². The molecule has 1 aromatic carbocycles. The molecule has 0 spiro atoms. The second-order valence-electron chi connectivity index (χ2n) is 3.13. The molecule has 1 rings (SSSR count). The lowest BCUT2D eigenvalue weighted by molar-refractivity contribution is 0.0956. The molecule has 1 unspecified atom stereocenters. The van der Waals surface area contributed by atoms with Crippen LogP contribution in [0.3, 0.4) is 0 Å². The molecule has 0 amide bonds. The highest BCUT2D eigenvalue weighted by Crippen LogP contribution is 2.16. The van der Waals surface area contributed by atoms with E-state index in [-0.39, 0.29) is 5.75 Å². The van der Waals surface area contributed by atoms with Gasteiger partial charge in [0.05, 0.1) is 12.4 Å². The lowest BCUT2D eigenvalue weighted by Crippen LogP contribution is -2.03. The number of rotatable bonds is 4. The number of benzene rings is 1. The molecule has 0 aromatic heterocycles. The van der Waals surface area contributed by atoms with Crippen molar-refractivity contribution in [3.8, 4) is 0 Å². The van der Waals surface area contributed by atoms with Crippen LogP contribution in [-0.2, 0) is 14.8 Å². The molecule has 0 saturated carbocycles. The molecule has 0 heterocycles. The summed E-state index contributed by atoms with van der Waals surface area (Å²) >= 11 is 0. The van der Waals surface area contributed by atoms with Gasteiger partial charge in [-0.2, -0.15) is 0 Å². The van der Waals surface area contributed by atoms with Gasteiger partial charge in [-0.15, -0.1) is 0 Å². The zero-order chi connectivity index (χ0) is 11.5. The number of aliphatic hydroxyl groups is 2. The lowest BCUT2D eigenvalue weighted by Gasteiger charge is -2.08. The molecule has 1 atom stereocenters. The van der Waals surface area contributed by atoms with E-state index in [2.05, 4.69) is 0 Å². The van der Waals surface area contributed by atoms with Gasteiger partial charge in [0.1, 0.15) is 6.10 Å². The monoisotopic (exact) mass is 250 g/mol. The molecule has 0 radical (unpaired) electrons. The van der Waals surface area contributed by atoms with Crippen molar-refractivity contribution in [2.75, 3.05) is 6.61 Å². The minimum absolute atomic E-state index is 0.291. The van der Waals surface area contributed by atoms with Crippen LogP contribution in [0.15, 0.2) is 24.3 Å². The van der Waals surface area contributed by atoms with Crippen molar-refractivity contribution in [3.05, 3.63) is 35.4 Å². The Morgan fingerprint density at radius 1 is 1.40 bits per heavy atom. The first-order valence-corrected chi connectivity index (χ1v) is 6.70. The minimum Gasteiger partial charge on any atom is -0.393 e. The summed E-state index contributed by atoms with van der Waals surface area (Å²) in [5, 5.41) is 18.0. The molecule has 84 valence electrons. The topological polar surface area (TPSA) is 74.6 Å². The van der Waals surface area contributed by atoms with Crippen molar-refractivity contribution in [1.82, 2.24) is 0 Å². The van der Waals surface area contributed by atoms with Gasteiger partial charge in [-0.3, -0.25) is 0 Å². The molecule has 0 aliphatic heterocycles. The average molecular weight is 251 g/mol. The second kappa shape index (κ2) is 4.94. The first-order valence-electron chi connectivity index (χ1n) is 4.22. The maximum atomic E-state index is 10.8. The summed E-state index contributed by atoms with van der Waals surface area (Å²) in [6, 6.07) is 6.30. The Bertz CT molecular complexity index is 429. The fourth-order valence-corrected chi connectivity index (χ4v) is 2.15. The van der Waals surface area contributed by atoms with E-state index in [0.29, 0.717) is 11.1 Å². The maximum absolute atomic E-state index is 10.8. The van der Waals surface area contributed by atoms with Crippen LogP contribution < -0.4 is 0 Å². The molecule has 0 bridgehead atoms. The van der Waals surface area contributed by atoms with Crippen LogP contribution in [-0.4, -0.2) is 25.2 Å². The summed E-state index contributed by atoms with van der Waals surface area (Å²) in [5.74, 6) is -0.291. The zero-order valence-corrected chi connectivity index (χ0v) is 9.37. The predicted molar refractivity (Wildman–Crippen MR) is 57.0 cm³/mol. The minimum atomic E-state index is -3.60. The SMILES string of the molecule is O=S(=O)(Cl)Cc1cccc(C(O)CO)c1. The molecule has 15 heavy (non-hydrogen) atoms. The molecule has 0 saturated heterocycles. The van der Waals surface area contributed by atoms with Gasteiger partial charge in [0, 0.05) is 10.7 Å². The zero-order valence-electron chi connectivity index (χ0n) is 7.80. The summed E-state index contributed by atoms with van der Waals surface area (Å²) in [6.45, 7) is -0.406. The first-order chi connectivity index (χ1) is 6.92. The normalized spacial score (nSPS) is 13.8. The third kappa shape index (κ3) is 4.17. The van der Waals surface area contributed by atoms with Crippen molar-refractivity contribution >= 4 is 19.7 Å². The van der Waals surface area contributed by atoms with Gasteiger partial charge in [-0.05, 0) is 11.1 Å². The van der Waals surface area contributed by atoms with E-state index < -0.39 is 21.8 Å². The van der Waals surface area contributed by atoms with Crippen molar-refractivity contribution in [1.29, 1.82) is 0 Å². The van der Waals surface area contributed by atoms with Gasteiger partial charge in [0.25, 0.3) is 0 Å². The summed E-state index contributed by atoms with van der Waals surface area (Å²) in [6.07, 6.45) is -0.997. The Morgan fingerprint density at radius 3 is 2.60 bits per heavy atom. The van der Waals surface area contributed by atoms with Crippen LogP contribution >= 0.6 is 10.7 Å². The molecule has 1 aromatic rings. The standard InChI is InChI=1S/C9H11ClO4S/c10-15(13,14)6-7-2-1-3-8(4-7)9(12)5-11/h1-4,9,11-12H,5-6H2. The third-order valence-electron chi connectivity index (χ3n) is 1.85. The highest BCUT2D eigenvalue weighted by atomic mass is 35.7. The number of hydrogen-bond donors (Lipinski definition) is 2. The molecule has 6 heteroatoms. The van der Waals surface area contributed by atoms with E-state index in [1.165, 1.54) is 6.07 Å². The second-order valence-corrected chi connectivity index (χ2v) is 5.90. The highest BCUT2D eigenvalue weighted by molar-refractivity contribution is 8.13. The van der Waals surface area contributed by atoms with Gasteiger partial charge in [-0.1, -0.05) is 24.3 Å². The quantitative estimate of drug-likeness (QED) is 0.775. The Balaban J connectivity index is 2.93. The number of aliphatic hydroxyl groups excluding tert-OH is 2. The molecule has 4 nitrogen and oxygen atoms in total. The number of halogens is 1. The van der Waals surface area contributed by atoms with E-state index in [9.17, 15) is 13.5 Å². The van der Waals surface area contributed by atoms with Crippen LogP contribution in [0.4, 0.5) is 0 Å².